The van der Waals surface area contributed by atoms with Crippen molar-refractivity contribution in [3.05, 3.63) is 27.7 Å². The van der Waals surface area contributed by atoms with Crippen LogP contribution in [0.25, 0.3) is 0 Å². The van der Waals surface area contributed by atoms with E-state index in [4.69, 9.17) is 5.73 Å². The molecule has 112 valence electrons. The quantitative estimate of drug-likeness (QED) is 0.492. The van der Waals surface area contributed by atoms with Gasteiger partial charge in [0.05, 0.1) is 16.6 Å². The third kappa shape index (κ3) is 2.88. The number of phenolic OH excluding ortho intramolecular Hbond substituents is 1. The van der Waals surface area contributed by atoms with Crippen molar-refractivity contribution >= 4 is 21.9 Å². The number of esters is 1. The number of carbonyl (C=O) groups excluding carboxylic acids is 1. The molecule has 0 saturated heterocycles. The zero-order valence-corrected chi connectivity index (χ0v) is 11.7. The predicted octanol–water partition coefficient (Wildman–Crippen LogP) is 2.63. The van der Waals surface area contributed by atoms with Gasteiger partial charge in [0, 0.05) is 0 Å². The molecule has 0 aliphatic rings. The molecule has 0 fully saturated rings. The molecule has 1 atom stereocenters. The van der Waals surface area contributed by atoms with E-state index in [0.29, 0.717) is 6.07 Å². The Labute approximate surface area is 119 Å². The predicted molar refractivity (Wildman–Crippen MR) is 64.2 cm³/mol. The maximum absolute atomic E-state index is 13.7. The van der Waals surface area contributed by atoms with Gasteiger partial charge in [0.1, 0.15) is 11.8 Å². The van der Waals surface area contributed by atoms with Gasteiger partial charge in [0.25, 0.3) is 0 Å². The standard InChI is InChI=1S/C11H10BrF4NO3/c1-2-20-10(19)11(15,16)9(17)6-7(14)5(13)3-4(12)8(6)18/h3,9,18H,2,17H2,1H3/t9-/m0/s1. The molecule has 1 aromatic carbocycles. The minimum atomic E-state index is -4.33. The molecule has 0 radical (unpaired) electrons. The van der Waals surface area contributed by atoms with Gasteiger partial charge in [-0.25, -0.2) is 13.6 Å². The fourth-order valence-electron chi connectivity index (χ4n) is 1.42. The Morgan fingerprint density at radius 3 is 2.60 bits per heavy atom. The minimum absolute atomic E-state index is 0.345. The minimum Gasteiger partial charge on any atom is -0.506 e. The molecule has 20 heavy (non-hydrogen) atoms. The smallest absolute Gasteiger partial charge is 0.379 e. The number of phenols is 1. The van der Waals surface area contributed by atoms with Gasteiger partial charge in [-0.3, -0.25) is 0 Å². The first-order valence-corrected chi connectivity index (χ1v) is 6.10. The number of carbonyl (C=O) groups is 1. The summed E-state index contributed by atoms with van der Waals surface area (Å²) in [5, 5.41) is 9.53. The molecular weight excluding hydrogens is 350 g/mol. The third-order valence-corrected chi connectivity index (χ3v) is 3.03. The number of hydrogen-bond acceptors (Lipinski definition) is 4. The zero-order chi connectivity index (χ0) is 15.7. The number of alkyl halides is 2. The lowest BCUT2D eigenvalue weighted by molar-refractivity contribution is -0.175. The third-order valence-electron chi connectivity index (χ3n) is 2.43. The molecule has 0 spiro atoms. The molecule has 0 heterocycles. The molecule has 0 aliphatic heterocycles. The van der Waals surface area contributed by atoms with E-state index in [-0.39, 0.29) is 11.1 Å². The molecular formula is C11H10BrF4NO3. The first-order valence-electron chi connectivity index (χ1n) is 5.31. The van der Waals surface area contributed by atoms with E-state index in [1.165, 1.54) is 6.92 Å². The summed E-state index contributed by atoms with van der Waals surface area (Å²) < 4.78 is 57.9. The normalized spacial score (nSPS) is 13.2. The number of hydrogen-bond donors (Lipinski definition) is 2. The van der Waals surface area contributed by atoms with E-state index >= 15 is 0 Å². The van der Waals surface area contributed by atoms with Crippen molar-refractivity contribution in [2.24, 2.45) is 5.73 Å². The summed E-state index contributed by atoms with van der Waals surface area (Å²) >= 11 is 2.66. The lowest BCUT2D eigenvalue weighted by Gasteiger charge is -2.23. The number of benzene rings is 1. The second-order valence-electron chi connectivity index (χ2n) is 3.74. The lowest BCUT2D eigenvalue weighted by atomic mass is 9.99. The summed E-state index contributed by atoms with van der Waals surface area (Å²) in [5.41, 5.74) is 3.89. The highest BCUT2D eigenvalue weighted by Crippen LogP contribution is 2.40. The van der Waals surface area contributed by atoms with Gasteiger partial charge in [-0.1, -0.05) is 0 Å². The molecule has 0 aromatic heterocycles. The first kappa shape index (κ1) is 16.7. The van der Waals surface area contributed by atoms with Crippen LogP contribution in [0.2, 0.25) is 0 Å². The summed E-state index contributed by atoms with van der Waals surface area (Å²) in [6.45, 7) is 0.943. The van der Waals surface area contributed by atoms with Crippen LogP contribution in [-0.4, -0.2) is 23.6 Å². The Morgan fingerprint density at radius 2 is 2.10 bits per heavy atom. The fourth-order valence-corrected chi connectivity index (χ4v) is 1.84. The lowest BCUT2D eigenvalue weighted by Crippen LogP contribution is -2.42. The SMILES string of the molecule is CCOC(=O)C(F)(F)[C@@H](N)c1c(O)c(Br)cc(F)c1F. The Bertz CT molecular complexity index is 513. The van der Waals surface area contributed by atoms with Crippen LogP contribution in [0.15, 0.2) is 10.5 Å². The van der Waals surface area contributed by atoms with E-state index in [9.17, 15) is 27.5 Å². The van der Waals surface area contributed by atoms with Crippen molar-refractivity contribution in [2.75, 3.05) is 6.61 Å². The van der Waals surface area contributed by atoms with Crippen LogP contribution in [0.5, 0.6) is 5.75 Å². The molecule has 0 bridgehead atoms. The number of halogens is 5. The van der Waals surface area contributed by atoms with Gasteiger partial charge in [0.2, 0.25) is 0 Å². The van der Waals surface area contributed by atoms with Crippen LogP contribution in [0.4, 0.5) is 17.6 Å². The molecule has 1 rings (SSSR count). The number of ether oxygens (including phenoxy) is 1. The largest absolute Gasteiger partial charge is 0.506 e. The first-order chi connectivity index (χ1) is 9.14. The summed E-state index contributed by atoms with van der Waals surface area (Å²) in [5.74, 6) is -10.6. The van der Waals surface area contributed by atoms with E-state index in [1.807, 2.05) is 0 Å². The molecule has 9 heteroatoms. The highest BCUT2D eigenvalue weighted by atomic mass is 79.9. The van der Waals surface area contributed by atoms with E-state index < -0.39 is 40.9 Å². The van der Waals surface area contributed by atoms with Crippen LogP contribution >= 0.6 is 15.9 Å². The second kappa shape index (κ2) is 5.96. The van der Waals surface area contributed by atoms with Crippen molar-refractivity contribution in [1.29, 1.82) is 0 Å². The van der Waals surface area contributed by atoms with E-state index in [2.05, 4.69) is 20.7 Å². The van der Waals surface area contributed by atoms with Crippen molar-refractivity contribution in [2.45, 2.75) is 18.9 Å². The van der Waals surface area contributed by atoms with Crippen LogP contribution in [0.3, 0.4) is 0 Å². The van der Waals surface area contributed by atoms with Gasteiger partial charge in [-0.05, 0) is 28.9 Å². The topological polar surface area (TPSA) is 72.5 Å². The second-order valence-corrected chi connectivity index (χ2v) is 4.59. The van der Waals surface area contributed by atoms with Crippen LogP contribution in [0, 0.1) is 11.6 Å². The van der Waals surface area contributed by atoms with E-state index in [1.54, 1.807) is 0 Å². The average molecular weight is 360 g/mol. The molecule has 0 amide bonds. The van der Waals surface area contributed by atoms with E-state index in [0.717, 1.165) is 0 Å². The maximum Gasteiger partial charge on any atom is 0.379 e. The van der Waals surface area contributed by atoms with Crippen LogP contribution < -0.4 is 5.73 Å². The monoisotopic (exact) mass is 359 g/mol. The highest BCUT2D eigenvalue weighted by Gasteiger charge is 2.50. The van der Waals surface area contributed by atoms with Crippen molar-refractivity contribution in [1.82, 2.24) is 0 Å². The van der Waals surface area contributed by atoms with Gasteiger partial charge < -0.3 is 15.6 Å². The van der Waals surface area contributed by atoms with Crippen molar-refractivity contribution < 1.29 is 32.2 Å². The molecule has 0 aliphatic carbocycles. The van der Waals surface area contributed by atoms with Crippen molar-refractivity contribution in [3.8, 4) is 5.75 Å². The number of aromatic hydroxyl groups is 1. The average Bonchev–Trinajstić information content (AvgIpc) is 2.36. The summed E-state index contributed by atoms with van der Waals surface area (Å²) in [6.07, 6.45) is 0. The molecule has 1 aromatic rings. The number of nitrogens with two attached hydrogens (primary N) is 1. The Balaban J connectivity index is 3.34. The Kier molecular flexibility index (Phi) is 4.98. The molecule has 4 nitrogen and oxygen atoms in total. The molecule has 0 saturated carbocycles. The summed E-state index contributed by atoms with van der Waals surface area (Å²) in [6, 6.07) is -2.06. The number of rotatable bonds is 4. The fraction of sp³-hybridized carbons (Fsp3) is 0.364. The Morgan fingerprint density at radius 1 is 1.55 bits per heavy atom. The summed E-state index contributed by atoms with van der Waals surface area (Å²) in [4.78, 5) is 11.1. The van der Waals surface area contributed by atoms with Gasteiger partial charge in [-0.2, -0.15) is 8.78 Å². The summed E-state index contributed by atoms with van der Waals surface area (Å²) in [7, 11) is 0. The van der Waals surface area contributed by atoms with Crippen LogP contribution in [-0.2, 0) is 9.53 Å². The Hall–Kier alpha value is -1.35. The van der Waals surface area contributed by atoms with Crippen molar-refractivity contribution in [3.63, 3.8) is 0 Å². The van der Waals surface area contributed by atoms with Gasteiger partial charge in [0.15, 0.2) is 11.6 Å². The molecule has 0 unspecified atom stereocenters. The highest BCUT2D eigenvalue weighted by molar-refractivity contribution is 9.10. The van der Waals surface area contributed by atoms with Gasteiger partial charge >= 0.3 is 11.9 Å². The van der Waals surface area contributed by atoms with Gasteiger partial charge in [-0.15, -0.1) is 0 Å². The maximum atomic E-state index is 13.7. The van der Waals surface area contributed by atoms with Crippen LogP contribution in [0.1, 0.15) is 18.5 Å². The zero-order valence-electron chi connectivity index (χ0n) is 10.1. The molecule has 3 N–H and O–H groups in total.